The molecule has 0 aromatic heterocycles. The Morgan fingerprint density at radius 2 is 1.83 bits per heavy atom. The number of aryl methyl sites for hydroxylation is 1. The Morgan fingerprint density at radius 1 is 1.13 bits per heavy atom. The average molecular weight is 336 g/mol. The van der Waals surface area contributed by atoms with Crippen LogP contribution < -0.4 is 10.6 Å². The van der Waals surface area contributed by atoms with Crippen LogP contribution in [0.3, 0.4) is 0 Å². The van der Waals surface area contributed by atoms with E-state index in [1.54, 1.807) is 0 Å². The molecule has 1 aromatic rings. The van der Waals surface area contributed by atoms with Gasteiger partial charge in [0.2, 0.25) is 16.9 Å². The lowest BCUT2D eigenvalue weighted by Crippen LogP contribution is -2.29. The number of thioether (sulfide) groups is 1. The molecule has 6 heteroatoms. The summed E-state index contributed by atoms with van der Waals surface area (Å²) in [4.78, 5) is 35.0. The first-order valence-corrected chi connectivity index (χ1v) is 8.71. The fourth-order valence-corrected chi connectivity index (χ4v) is 2.49. The number of nitrogens with one attached hydrogen (secondary N) is 2. The number of carbonyl (C=O) groups excluding carboxylic acids is 3. The fraction of sp³-hybridized carbons (Fsp3) is 0.471. The van der Waals surface area contributed by atoms with Crippen molar-refractivity contribution < 1.29 is 14.4 Å². The van der Waals surface area contributed by atoms with E-state index in [2.05, 4.69) is 10.6 Å². The van der Waals surface area contributed by atoms with E-state index in [9.17, 15) is 14.4 Å². The maximum absolute atomic E-state index is 11.9. The lowest BCUT2D eigenvalue weighted by Gasteiger charge is -2.09. The molecule has 0 atom stereocenters. The molecule has 0 saturated carbocycles. The summed E-state index contributed by atoms with van der Waals surface area (Å²) >= 11 is 0.912. The number of para-hydroxylation sites is 1. The summed E-state index contributed by atoms with van der Waals surface area (Å²) in [6, 6.07) is 7.58. The Labute approximate surface area is 141 Å². The number of benzene rings is 1. The molecule has 0 aliphatic heterocycles. The topological polar surface area (TPSA) is 75.3 Å². The van der Waals surface area contributed by atoms with E-state index in [1.165, 1.54) is 0 Å². The Hall–Kier alpha value is -1.82. The van der Waals surface area contributed by atoms with Crippen molar-refractivity contribution >= 4 is 34.4 Å². The molecule has 2 amide bonds. The summed E-state index contributed by atoms with van der Waals surface area (Å²) in [7, 11) is 0. The molecule has 126 valence electrons. The Balaban J connectivity index is 2.33. The minimum absolute atomic E-state index is 0.0386. The van der Waals surface area contributed by atoms with Gasteiger partial charge in [-0.3, -0.25) is 14.4 Å². The number of carbonyl (C=O) groups is 3. The van der Waals surface area contributed by atoms with Crippen molar-refractivity contribution in [1.82, 2.24) is 5.32 Å². The first-order valence-electron chi connectivity index (χ1n) is 7.72. The van der Waals surface area contributed by atoms with Crippen LogP contribution >= 0.6 is 11.8 Å². The quantitative estimate of drug-likeness (QED) is 0.765. The van der Waals surface area contributed by atoms with Crippen molar-refractivity contribution in [3.8, 4) is 0 Å². The molecule has 0 aliphatic rings. The van der Waals surface area contributed by atoms with Gasteiger partial charge >= 0.3 is 0 Å². The van der Waals surface area contributed by atoms with Crippen molar-refractivity contribution in [3.05, 3.63) is 29.8 Å². The molecule has 0 fully saturated rings. The molecule has 0 radical (unpaired) electrons. The van der Waals surface area contributed by atoms with Crippen molar-refractivity contribution in [2.75, 3.05) is 17.6 Å². The zero-order valence-electron chi connectivity index (χ0n) is 13.8. The monoisotopic (exact) mass is 336 g/mol. The van der Waals surface area contributed by atoms with E-state index < -0.39 is 0 Å². The van der Waals surface area contributed by atoms with Crippen molar-refractivity contribution in [3.63, 3.8) is 0 Å². The fourth-order valence-electron chi connectivity index (χ4n) is 1.95. The highest BCUT2D eigenvalue weighted by molar-refractivity contribution is 8.14. The van der Waals surface area contributed by atoms with E-state index in [0.29, 0.717) is 6.42 Å². The predicted octanol–water partition coefficient (Wildman–Crippen LogP) is 2.61. The minimum atomic E-state index is -0.224. The molecule has 0 bridgehead atoms. The van der Waals surface area contributed by atoms with Gasteiger partial charge in [-0.1, -0.05) is 50.7 Å². The number of rotatable bonds is 8. The number of hydrogen-bond donors (Lipinski definition) is 2. The smallest absolute Gasteiger partial charge is 0.234 e. The van der Waals surface area contributed by atoms with Gasteiger partial charge in [-0.15, -0.1) is 0 Å². The van der Waals surface area contributed by atoms with E-state index in [1.807, 2.05) is 45.0 Å². The predicted molar refractivity (Wildman–Crippen MR) is 94.4 cm³/mol. The molecule has 23 heavy (non-hydrogen) atoms. The van der Waals surface area contributed by atoms with Crippen LogP contribution in [0.2, 0.25) is 0 Å². The van der Waals surface area contributed by atoms with Gasteiger partial charge in [-0.2, -0.15) is 0 Å². The lowest BCUT2D eigenvalue weighted by molar-refractivity contribution is -0.123. The molecule has 1 aromatic carbocycles. The molecule has 2 N–H and O–H groups in total. The van der Waals surface area contributed by atoms with Gasteiger partial charge in [0.1, 0.15) is 0 Å². The Morgan fingerprint density at radius 3 is 2.48 bits per heavy atom. The molecule has 0 heterocycles. The summed E-state index contributed by atoms with van der Waals surface area (Å²) < 4.78 is 0. The summed E-state index contributed by atoms with van der Waals surface area (Å²) in [6.45, 7) is 5.85. The Bertz CT molecular complexity index is 559. The molecule has 5 nitrogen and oxygen atoms in total. The Kier molecular flexibility index (Phi) is 8.40. The average Bonchev–Trinajstić information content (AvgIpc) is 2.51. The van der Waals surface area contributed by atoms with Gasteiger partial charge in [0.15, 0.2) is 0 Å². The largest absolute Gasteiger partial charge is 0.348 e. The van der Waals surface area contributed by atoms with E-state index in [0.717, 1.165) is 29.4 Å². The van der Waals surface area contributed by atoms with Gasteiger partial charge in [0.05, 0.1) is 12.3 Å². The zero-order chi connectivity index (χ0) is 17.2. The van der Waals surface area contributed by atoms with Crippen molar-refractivity contribution in [2.24, 2.45) is 5.92 Å². The second kappa shape index (κ2) is 10.0. The zero-order valence-corrected chi connectivity index (χ0v) is 14.7. The van der Waals surface area contributed by atoms with Crippen molar-refractivity contribution in [1.29, 1.82) is 0 Å². The third-order valence-electron chi connectivity index (χ3n) is 3.06. The van der Waals surface area contributed by atoms with Crippen LogP contribution in [0.4, 0.5) is 5.69 Å². The molecular weight excluding hydrogens is 312 g/mol. The van der Waals surface area contributed by atoms with Gasteiger partial charge < -0.3 is 10.6 Å². The molecule has 0 saturated heterocycles. The second-order valence-corrected chi connectivity index (χ2v) is 6.63. The maximum atomic E-state index is 11.9. The highest BCUT2D eigenvalue weighted by atomic mass is 32.2. The summed E-state index contributed by atoms with van der Waals surface area (Å²) in [5.74, 6) is -0.0769. The summed E-state index contributed by atoms with van der Waals surface area (Å²) in [5, 5.41) is 5.15. The molecule has 1 rings (SSSR count). The summed E-state index contributed by atoms with van der Waals surface area (Å²) in [6.07, 6.45) is 1.22. The first kappa shape index (κ1) is 19.2. The third kappa shape index (κ3) is 7.83. The van der Waals surface area contributed by atoms with Gasteiger partial charge in [-0.25, -0.2) is 0 Å². The molecule has 0 unspecified atom stereocenters. The standard InChI is InChI=1S/C17H24N2O3S/c1-4-13-7-5-6-8-14(13)19-16(21)11-23-17(22)10-18-15(20)9-12(2)3/h5-8,12H,4,9-11H2,1-3H3,(H,18,20)(H,19,21). The molecule has 0 aliphatic carbocycles. The number of anilines is 1. The van der Waals surface area contributed by atoms with Crippen LogP contribution in [-0.2, 0) is 20.8 Å². The normalized spacial score (nSPS) is 10.4. The van der Waals surface area contributed by atoms with Crippen molar-refractivity contribution in [2.45, 2.75) is 33.6 Å². The number of amides is 2. The van der Waals surface area contributed by atoms with Crippen LogP contribution in [0.25, 0.3) is 0 Å². The van der Waals surface area contributed by atoms with E-state index in [4.69, 9.17) is 0 Å². The highest BCUT2D eigenvalue weighted by Gasteiger charge is 2.11. The number of hydrogen-bond acceptors (Lipinski definition) is 4. The van der Waals surface area contributed by atoms with Crippen LogP contribution in [0.15, 0.2) is 24.3 Å². The minimum Gasteiger partial charge on any atom is -0.348 e. The second-order valence-electron chi connectivity index (χ2n) is 5.59. The lowest BCUT2D eigenvalue weighted by atomic mass is 10.1. The van der Waals surface area contributed by atoms with Gasteiger partial charge in [-0.05, 0) is 24.0 Å². The van der Waals surface area contributed by atoms with Gasteiger partial charge in [0.25, 0.3) is 0 Å². The van der Waals surface area contributed by atoms with Crippen LogP contribution in [0.1, 0.15) is 32.8 Å². The van der Waals surface area contributed by atoms with Crippen LogP contribution in [-0.4, -0.2) is 29.2 Å². The van der Waals surface area contributed by atoms with E-state index >= 15 is 0 Å². The maximum Gasteiger partial charge on any atom is 0.234 e. The first-order chi connectivity index (χ1) is 10.9. The SMILES string of the molecule is CCc1ccccc1NC(=O)CSC(=O)CNC(=O)CC(C)C. The molecular formula is C17H24N2O3S. The third-order valence-corrected chi connectivity index (χ3v) is 3.93. The highest BCUT2D eigenvalue weighted by Crippen LogP contribution is 2.16. The van der Waals surface area contributed by atoms with Crippen LogP contribution in [0.5, 0.6) is 0 Å². The van der Waals surface area contributed by atoms with Crippen LogP contribution in [0, 0.1) is 5.92 Å². The summed E-state index contributed by atoms with van der Waals surface area (Å²) in [5.41, 5.74) is 1.83. The van der Waals surface area contributed by atoms with E-state index in [-0.39, 0.29) is 35.1 Å². The van der Waals surface area contributed by atoms with Gasteiger partial charge in [0, 0.05) is 12.1 Å². The molecule has 0 spiro atoms.